The Morgan fingerprint density at radius 2 is 2.03 bits per heavy atom. The van der Waals surface area contributed by atoms with Crippen molar-refractivity contribution in [1.82, 2.24) is 15.2 Å². The van der Waals surface area contributed by atoms with Crippen molar-refractivity contribution < 1.29 is 9.90 Å². The molecule has 0 fully saturated rings. The van der Waals surface area contributed by atoms with Gasteiger partial charge in [-0.05, 0) is 64.2 Å². The van der Waals surface area contributed by atoms with Crippen molar-refractivity contribution in [3.05, 3.63) is 40.4 Å². The van der Waals surface area contributed by atoms with E-state index in [0.717, 1.165) is 41.9 Å². The highest BCUT2D eigenvalue weighted by molar-refractivity contribution is 5.72. The van der Waals surface area contributed by atoms with E-state index >= 15 is 0 Å². The van der Waals surface area contributed by atoms with E-state index in [2.05, 4.69) is 33.2 Å². The lowest BCUT2D eigenvalue weighted by molar-refractivity contribution is -0.118. The lowest BCUT2D eigenvalue weighted by Crippen LogP contribution is -2.32. The summed E-state index contributed by atoms with van der Waals surface area (Å²) in [6.07, 6.45) is 5.45. The first-order chi connectivity index (χ1) is 13.5. The molecule has 1 amide bonds. The highest BCUT2D eigenvalue weighted by atomic mass is 16.3. The summed E-state index contributed by atoms with van der Waals surface area (Å²) < 4.78 is 0. The molecule has 0 aliphatic carbocycles. The SMILES string of the molecule is CC/C=N\C(CN(CCCNC(C)=O)Cc1ncc(C)cc1C)=C(/C)C(C)(C)O. The van der Waals surface area contributed by atoms with Gasteiger partial charge in [0.25, 0.3) is 0 Å². The topological polar surface area (TPSA) is 77.8 Å². The largest absolute Gasteiger partial charge is 0.386 e. The monoisotopic (exact) mass is 402 g/mol. The van der Waals surface area contributed by atoms with Gasteiger partial charge in [-0.3, -0.25) is 19.7 Å². The Hall–Kier alpha value is -2.05. The van der Waals surface area contributed by atoms with Crippen molar-refractivity contribution in [2.75, 3.05) is 19.6 Å². The third-order valence-corrected chi connectivity index (χ3v) is 4.88. The number of aromatic nitrogens is 1. The summed E-state index contributed by atoms with van der Waals surface area (Å²) in [7, 11) is 0. The van der Waals surface area contributed by atoms with Gasteiger partial charge in [-0.1, -0.05) is 13.0 Å². The molecule has 1 heterocycles. The predicted octanol–water partition coefficient (Wildman–Crippen LogP) is 3.55. The number of amides is 1. The van der Waals surface area contributed by atoms with Gasteiger partial charge in [-0.25, -0.2) is 0 Å². The zero-order valence-electron chi connectivity index (χ0n) is 19.2. The lowest BCUT2D eigenvalue weighted by Gasteiger charge is -2.27. The molecule has 0 unspecified atom stereocenters. The Labute approximate surface area is 176 Å². The fourth-order valence-corrected chi connectivity index (χ4v) is 2.92. The van der Waals surface area contributed by atoms with Crippen molar-refractivity contribution in [3.8, 4) is 0 Å². The Morgan fingerprint density at radius 1 is 1.34 bits per heavy atom. The van der Waals surface area contributed by atoms with Gasteiger partial charge in [-0.15, -0.1) is 0 Å². The minimum atomic E-state index is -0.930. The molecule has 0 aliphatic rings. The summed E-state index contributed by atoms with van der Waals surface area (Å²) in [6, 6.07) is 2.14. The van der Waals surface area contributed by atoms with Gasteiger partial charge < -0.3 is 10.4 Å². The van der Waals surface area contributed by atoms with E-state index in [4.69, 9.17) is 0 Å². The Morgan fingerprint density at radius 3 is 2.59 bits per heavy atom. The summed E-state index contributed by atoms with van der Waals surface area (Å²) in [5.41, 5.74) is 4.16. The molecule has 1 rings (SSSR count). The molecule has 0 saturated carbocycles. The lowest BCUT2D eigenvalue weighted by atomic mass is 9.97. The van der Waals surface area contributed by atoms with Crippen molar-refractivity contribution in [1.29, 1.82) is 0 Å². The molecule has 0 aromatic carbocycles. The highest BCUT2D eigenvalue weighted by Gasteiger charge is 2.21. The smallest absolute Gasteiger partial charge is 0.216 e. The van der Waals surface area contributed by atoms with Gasteiger partial charge >= 0.3 is 0 Å². The van der Waals surface area contributed by atoms with Crippen LogP contribution in [0, 0.1) is 13.8 Å². The second-order valence-corrected chi connectivity index (χ2v) is 8.17. The van der Waals surface area contributed by atoms with Gasteiger partial charge in [0.1, 0.15) is 0 Å². The number of nitrogens with one attached hydrogen (secondary N) is 1. The van der Waals surface area contributed by atoms with Gasteiger partial charge in [0.05, 0.1) is 17.0 Å². The molecule has 162 valence electrons. The number of nitrogens with zero attached hydrogens (tertiary/aromatic N) is 3. The number of aryl methyl sites for hydroxylation is 2. The molecule has 0 bridgehead atoms. The molecule has 0 saturated heterocycles. The van der Waals surface area contributed by atoms with Crippen LogP contribution in [0.3, 0.4) is 0 Å². The summed E-state index contributed by atoms with van der Waals surface area (Å²) >= 11 is 0. The third kappa shape index (κ3) is 9.33. The fraction of sp³-hybridized carbons (Fsp3) is 0.609. The Bertz CT molecular complexity index is 733. The number of aliphatic hydroxyl groups is 1. The second-order valence-electron chi connectivity index (χ2n) is 8.17. The van der Waals surface area contributed by atoms with Crippen molar-refractivity contribution in [2.45, 2.75) is 73.5 Å². The minimum Gasteiger partial charge on any atom is -0.386 e. The minimum absolute atomic E-state index is 0.0152. The van der Waals surface area contributed by atoms with Gasteiger partial charge in [-0.2, -0.15) is 0 Å². The van der Waals surface area contributed by atoms with E-state index in [1.54, 1.807) is 13.8 Å². The van der Waals surface area contributed by atoms with Crippen LogP contribution in [0.2, 0.25) is 0 Å². The molecular formula is C23H38N4O2. The normalized spacial score (nSPS) is 13.1. The maximum Gasteiger partial charge on any atom is 0.216 e. The van der Waals surface area contributed by atoms with Crippen LogP contribution in [-0.2, 0) is 11.3 Å². The van der Waals surface area contributed by atoms with Crippen LogP contribution in [0.15, 0.2) is 28.5 Å². The number of hydrogen-bond acceptors (Lipinski definition) is 5. The molecule has 6 nitrogen and oxygen atoms in total. The first-order valence-corrected chi connectivity index (χ1v) is 10.4. The average Bonchev–Trinajstić information content (AvgIpc) is 2.62. The van der Waals surface area contributed by atoms with Crippen LogP contribution in [0.4, 0.5) is 0 Å². The van der Waals surface area contributed by atoms with E-state index in [1.165, 1.54) is 12.5 Å². The van der Waals surface area contributed by atoms with Gasteiger partial charge in [0.15, 0.2) is 0 Å². The highest BCUT2D eigenvalue weighted by Crippen LogP contribution is 2.22. The Kier molecular flexibility index (Phi) is 10.2. The molecular weight excluding hydrogens is 364 g/mol. The summed E-state index contributed by atoms with van der Waals surface area (Å²) in [5, 5.41) is 13.4. The molecule has 1 aromatic heterocycles. The molecule has 1 aromatic rings. The quantitative estimate of drug-likeness (QED) is 0.438. The van der Waals surface area contributed by atoms with Crippen LogP contribution in [0.1, 0.15) is 64.3 Å². The number of hydrogen-bond donors (Lipinski definition) is 2. The van der Waals surface area contributed by atoms with E-state index in [-0.39, 0.29) is 5.91 Å². The molecule has 0 atom stereocenters. The first kappa shape index (κ1) is 25.0. The number of carbonyl (C=O) groups excluding carboxylic acids is 1. The van der Waals surface area contributed by atoms with Crippen molar-refractivity contribution >= 4 is 12.1 Å². The molecule has 0 radical (unpaired) electrons. The predicted molar refractivity (Wildman–Crippen MR) is 120 cm³/mol. The van der Waals surface area contributed by atoms with Gasteiger partial charge in [0, 0.05) is 45.5 Å². The molecule has 2 N–H and O–H groups in total. The van der Waals surface area contributed by atoms with E-state index in [0.29, 0.717) is 19.6 Å². The van der Waals surface area contributed by atoms with E-state index < -0.39 is 5.60 Å². The standard InChI is InChI=1S/C23H38N4O2/c1-8-10-25-22(19(4)23(6,7)29)16-27(12-9-11-24-20(5)28)15-21-18(3)13-17(2)14-26-21/h10,13-14,29H,8-9,11-12,15-16H2,1-7H3,(H,24,28)/b22-19+,25-10-. The summed E-state index contributed by atoms with van der Waals surface area (Å²) in [5.74, 6) is -0.0152. The second kappa shape index (κ2) is 11.8. The molecule has 6 heteroatoms. The maximum absolute atomic E-state index is 11.2. The van der Waals surface area contributed by atoms with Crippen LogP contribution in [-0.4, -0.2) is 52.3 Å². The average molecular weight is 403 g/mol. The fourth-order valence-electron chi connectivity index (χ4n) is 2.92. The zero-order chi connectivity index (χ0) is 22.0. The molecule has 29 heavy (non-hydrogen) atoms. The van der Waals surface area contributed by atoms with Crippen LogP contribution < -0.4 is 5.32 Å². The number of carbonyl (C=O) groups is 1. The zero-order valence-corrected chi connectivity index (χ0v) is 19.2. The molecule has 0 aliphatic heterocycles. The van der Waals surface area contributed by atoms with Crippen LogP contribution >= 0.6 is 0 Å². The van der Waals surface area contributed by atoms with E-state index in [9.17, 15) is 9.90 Å². The van der Waals surface area contributed by atoms with Gasteiger partial charge in [0.2, 0.25) is 5.91 Å². The number of aliphatic imine (C=N–C) groups is 1. The number of rotatable bonds is 11. The summed E-state index contributed by atoms with van der Waals surface area (Å²) in [6.45, 7) is 15.9. The Balaban J connectivity index is 3.09. The van der Waals surface area contributed by atoms with Crippen molar-refractivity contribution in [2.24, 2.45) is 4.99 Å². The first-order valence-electron chi connectivity index (χ1n) is 10.4. The maximum atomic E-state index is 11.2. The molecule has 0 spiro atoms. The summed E-state index contributed by atoms with van der Waals surface area (Å²) in [4.78, 5) is 22.7. The van der Waals surface area contributed by atoms with Crippen molar-refractivity contribution in [3.63, 3.8) is 0 Å². The van der Waals surface area contributed by atoms with Crippen LogP contribution in [0.5, 0.6) is 0 Å². The van der Waals surface area contributed by atoms with E-state index in [1.807, 2.05) is 33.2 Å². The number of pyridine rings is 1. The third-order valence-electron chi connectivity index (χ3n) is 4.88. The van der Waals surface area contributed by atoms with Crippen LogP contribution in [0.25, 0.3) is 0 Å².